The van der Waals surface area contributed by atoms with Crippen LogP contribution in [-0.4, -0.2) is 11.5 Å². The van der Waals surface area contributed by atoms with Crippen molar-refractivity contribution < 1.29 is 0 Å². The van der Waals surface area contributed by atoms with E-state index in [2.05, 4.69) is 96.7 Å². The fraction of sp³-hybridized carbons (Fsp3) is 0.400. The van der Waals surface area contributed by atoms with Gasteiger partial charge in [0.2, 0.25) is 0 Å². The first-order valence-corrected chi connectivity index (χ1v) is 17.5. The molecule has 41 heavy (non-hydrogen) atoms. The van der Waals surface area contributed by atoms with Gasteiger partial charge in [0.05, 0.1) is 0 Å². The summed E-state index contributed by atoms with van der Waals surface area (Å²) in [6, 6.07) is 31.8. The zero-order valence-corrected chi connectivity index (χ0v) is 25.6. The smallest absolute Gasteiger partial charge is 0.00107 e. The molecule has 0 saturated heterocycles. The first-order chi connectivity index (χ1) is 20.4. The lowest BCUT2D eigenvalue weighted by Gasteiger charge is -2.09. The fourth-order valence-electron chi connectivity index (χ4n) is 7.12. The number of rotatable bonds is 16. The van der Waals surface area contributed by atoms with Crippen LogP contribution < -0.4 is 0 Å². The molecular formula is C40H46S. The summed E-state index contributed by atoms with van der Waals surface area (Å²) >= 11 is 2.19. The third kappa shape index (κ3) is 7.00. The Morgan fingerprint density at radius 1 is 0.390 bits per heavy atom. The number of unbranched alkanes of at least 4 members (excludes halogenated alkanes) is 8. The van der Waals surface area contributed by atoms with E-state index in [1.807, 2.05) is 0 Å². The third-order valence-electron chi connectivity index (χ3n) is 9.37. The Hall–Kier alpha value is -2.77. The number of hydrogen-bond acceptors (Lipinski definition) is 1. The van der Waals surface area contributed by atoms with Crippen molar-refractivity contribution in [1.82, 2.24) is 0 Å². The lowest BCUT2D eigenvalue weighted by Crippen LogP contribution is -1.94. The number of aryl methyl sites for hydroxylation is 2. The molecular weight excluding hydrogens is 513 g/mol. The molecule has 2 aliphatic carbocycles. The second kappa shape index (κ2) is 14.4. The van der Waals surface area contributed by atoms with E-state index in [-0.39, 0.29) is 0 Å². The van der Waals surface area contributed by atoms with Gasteiger partial charge >= 0.3 is 0 Å². The van der Waals surface area contributed by atoms with Gasteiger partial charge in [0, 0.05) is 0 Å². The Bertz CT molecular complexity index is 1320. The van der Waals surface area contributed by atoms with Crippen molar-refractivity contribution in [3.05, 3.63) is 118 Å². The molecule has 0 aromatic heterocycles. The van der Waals surface area contributed by atoms with E-state index < -0.39 is 0 Å². The van der Waals surface area contributed by atoms with Gasteiger partial charge in [-0.3, -0.25) is 0 Å². The second-order valence-electron chi connectivity index (χ2n) is 12.2. The SMILES string of the molecule is c1ccc2c(c1)Cc1c(CCCCCCCSCCCCCCCc3cccc4c3Cc3ccccc3-4)cccc1-2. The van der Waals surface area contributed by atoms with Crippen LogP contribution in [0.1, 0.15) is 97.6 Å². The maximum Gasteiger partial charge on any atom is -0.00107 e. The van der Waals surface area contributed by atoms with Gasteiger partial charge in [0.1, 0.15) is 0 Å². The van der Waals surface area contributed by atoms with E-state index in [1.165, 1.54) is 122 Å². The Morgan fingerprint density at radius 3 is 1.32 bits per heavy atom. The van der Waals surface area contributed by atoms with Crippen molar-refractivity contribution in [1.29, 1.82) is 0 Å². The number of fused-ring (bicyclic) bond motifs is 6. The minimum absolute atomic E-state index is 1.13. The average molecular weight is 559 g/mol. The van der Waals surface area contributed by atoms with Gasteiger partial charge in [0.15, 0.2) is 0 Å². The monoisotopic (exact) mass is 558 g/mol. The first kappa shape index (κ1) is 28.4. The van der Waals surface area contributed by atoms with Gasteiger partial charge in [-0.15, -0.1) is 0 Å². The van der Waals surface area contributed by atoms with Crippen molar-refractivity contribution in [2.75, 3.05) is 11.5 Å². The molecule has 6 rings (SSSR count). The molecule has 0 spiro atoms. The van der Waals surface area contributed by atoms with Crippen LogP contribution in [0, 0.1) is 0 Å². The molecule has 0 fully saturated rings. The van der Waals surface area contributed by atoms with E-state index in [1.54, 1.807) is 22.3 Å². The highest BCUT2D eigenvalue weighted by Crippen LogP contribution is 2.39. The summed E-state index contributed by atoms with van der Waals surface area (Å²) in [6.45, 7) is 0. The first-order valence-electron chi connectivity index (χ1n) is 16.3. The van der Waals surface area contributed by atoms with Crippen LogP contribution in [0.5, 0.6) is 0 Å². The summed E-state index contributed by atoms with van der Waals surface area (Å²) in [7, 11) is 0. The standard InChI is InChI=1S/C40H46S/c1(3-7-17-31-21-15-25-37-35-23-11-9-19-33(35)29-39(31)37)5-13-27-41-28-14-6-2-4-8-18-32-22-16-26-38-36-24-12-10-20-34(36)30-40(32)38/h9-12,15-16,19-26H,1-8,13-14,17-18,27-30H2. The van der Waals surface area contributed by atoms with Crippen LogP contribution in [0.3, 0.4) is 0 Å². The van der Waals surface area contributed by atoms with Gasteiger partial charge in [-0.1, -0.05) is 123 Å². The summed E-state index contributed by atoms with van der Waals surface area (Å²) < 4.78 is 0. The van der Waals surface area contributed by atoms with Crippen LogP contribution in [0.15, 0.2) is 84.9 Å². The molecule has 1 heteroatoms. The van der Waals surface area contributed by atoms with Crippen LogP contribution in [0.25, 0.3) is 22.3 Å². The molecule has 0 N–H and O–H groups in total. The molecule has 212 valence electrons. The fourth-order valence-corrected chi connectivity index (χ4v) is 8.14. The van der Waals surface area contributed by atoms with Gasteiger partial charge in [0.25, 0.3) is 0 Å². The molecule has 0 aliphatic heterocycles. The zero-order valence-electron chi connectivity index (χ0n) is 24.8. The van der Waals surface area contributed by atoms with E-state index in [0.29, 0.717) is 0 Å². The predicted molar refractivity (Wildman–Crippen MR) is 180 cm³/mol. The molecule has 0 nitrogen and oxygen atoms in total. The zero-order chi connectivity index (χ0) is 27.7. The lowest BCUT2D eigenvalue weighted by molar-refractivity contribution is 0.630. The largest absolute Gasteiger partial charge is 0.162 e. The average Bonchev–Trinajstić information content (AvgIpc) is 3.59. The molecule has 2 aliphatic rings. The highest BCUT2D eigenvalue weighted by atomic mass is 32.2. The molecule has 0 atom stereocenters. The van der Waals surface area contributed by atoms with Crippen LogP contribution in [0.2, 0.25) is 0 Å². The minimum atomic E-state index is 1.13. The van der Waals surface area contributed by atoms with Crippen molar-refractivity contribution in [2.45, 2.75) is 89.9 Å². The van der Waals surface area contributed by atoms with E-state index in [9.17, 15) is 0 Å². The van der Waals surface area contributed by atoms with Crippen LogP contribution >= 0.6 is 11.8 Å². The van der Waals surface area contributed by atoms with E-state index in [0.717, 1.165) is 12.8 Å². The van der Waals surface area contributed by atoms with E-state index in [4.69, 9.17) is 0 Å². The molecule has 0 amide bonds. The predicted octanol–water partition coefficient (Wildman–Crippen LogP) is 11.2. The number of thioether (sulfide) groups is 1. The summed E-state index contributed by atoms with van der Waals surface area (Å²) in [6.07, 6.45) is 18.5. The summed E-state index contributed by atoms with van der Waals surface area (Å²) in [5.74, 6) is 2.71. The lowest BCUT2D eigenvalue weighted by atomic mass is 9.97. The molecule has 4 aromatic rings. The Kier molecular flexibility index (Phi) is 9.97. The normalized spacial score (nSPS) is 12.7. The van der Waals surface area contributed by atoms with E-state index >= 15 is 0 Å². The highest BCUT2D eigenvalue weighted by molar-refractivity contribution is 7.99. The van der Waals surface area contributed by atoms with Crippen molar-refractivity contribution in [3.63, 3.8) is 0 Å². The van der Waals surface area contributed by atoms with Gasteiger partial charge < -0.3 is 0 Å². The topological polar surface area (TPSA) is 0 Å². The molecule has 0 saturated carbocycles. The number of benzene rings is 4. The molecule has 0 bridgehead atoms. The summed E-state index contributed by atoms with van der Waals surface area (Å²) in [5, 5.41) is 0. The Labute approximate surface area is 253 Å². The maximum atomic E-state index is 2.37. The van der Waals surface area contributed by atoms with Gasteiger partial charge in [-0.05, 0) is 119 Å². The molecule has 0 radical (unpaired) electrons. The van der Waals surface area contributed by atoms with Crippen molar-refractivity contribution in [2.24, 2.45) is 0 Å². The van der Waals surface area contributed by atoms with Crippen LogP contribution in [0.4, 0.5) is 0 Å². The Balaban J connectivity index is 0.766. The Morgan fingerprint density at radius 2 is 0.805 bits per heavy atom. The van der Waals surface area contributed by atoms with Crippen molar-refractivity contribution >= 4 is 11.8 Å². The van der Waals surface area contributed by atoms with Gasteiger partial charge in [-0.2, -0.15) is 11.8 Å². The number of hydrogen-bond donors (Lipinski definition) is 0. The molecule has 0 heterocycles. The molecule has 0 unspecified atom stereocenters. The summed E-state index contributed by atoms with van der Waals surface area (Å²) in [4.78, 5) is 0. The highest BCUT2D eigenvalue weighted by Gasteiger charge is 2.21. The quantitative estimate of drug-likeness (QED) is 0.106. The third-order valence-corrected chi connectivity index (χ3v) is 10.5. The van der Waals surface area contributed by atoms with Crippen molar-refractivity contribution in [3.8, 4) is 22.3 Å². The van der Waals surface area contributed by atoms with Gasteiger partial charge in [-0.25, -0.2) is 0 Å². The minimum Gasteiger partial charge on any atom is -0.162 e. The second-order valence-corrected chi connectivity index (χ2v) is 13.4. The summed E-state index contributed by atoms with van der Waals surface area (Å²) in [5.41, 5.74) is 15.3. The maximum absolute atomic E-state index is 2.37. The van der Waals surface area contributed by atoms with Crippen LogP contribution in [-0.2, 0) is 25.7 Å². The molecule has 4 aromatic carbocycles.